The summed E-state index contributed by atoms with van der Waals surface area (Å²) in [4.78, 5) is 4.58. The Morgan fingerprint density at radius 2 is 1.93 bits per heavy atom. The highest BCUT2D eigenvalue weighted by Gasteiger charge is 2.36. The second-order valence-electron chi connectivity index (χ2n) is 6.87. The molecule has 154 valence electrons. The van der Waals surface area contributed by atoms with Crippen LogP contribution < -0.4 is 5.32 Å². The van der Waals surface area contributed by atoms with Crippen LogP contribution in [0.15, 0.2) is 59.8 Å². The van der Waals surface area contributed by atoms with E-state index in [1.54, 1.807) is 6.20 Å². The zero-order valence-corrected chi connectivity index (χ0v) is 16.9. The van der Waals surface area contributed by atoms with Crippen LogP contribution in [0.2, 0.25) is 0 Å². The molecule has 0 amide bonds. The quantitative estimate of drug-likeness (QED) is 0.474. The molecule has 1 aliphatic carbocycles. The number of rotatable bonds is 5. The van der Waals surface area contributed by atoms with E-state index in [1.165, 1.54) is 17.8 Å². The number of thioether (sulfide) groups is 1. The summed E-state index contributed by atoms with van der Waals surface area (Å²) in [6.45, 7) is 0.681. The summed E-state index contributed by atoms with van der Waals surface area (Å²) in [5.74, 6) is -1.23. The number of aromatic nitrogens is 1. The first-order chi connectivity index (χ1) is 13.4. The predicted molar refractivity (Wildman–Crippen MR) is 110 cm³/mol. The van der Waals surface area contributed by atoms with Gasteiger partial charge in [-0.2, -0.15) is 13.2 Å². The maximum Gasteiger partial charge on any atom is 0.419 e. The Morgan fingerprint density at radius 3 is 2.66 bits per heavy atom. The molecule has 2 atom stereocenters. The molecule has 2 aromatic carbocycles. The van der Waals surface area contributed by atoms with Gasteiger partial charge in [-0.05, 0) is 48.1 Å². The van der Waals surface area contributed by atoms with Gasteiger partial charge in [0.15, 0.2) is 0 Å². The highest BCUT2D eigenvalue weighted by atomic mass is 35.5. The van der Waals surface area contributed by atoms with Crippen molar-refractivity contribution in [3.63, 3.8) is 0 Å². The van der Waals surface area contributed by atoms with E-state index >= 15 is 0 Å². The predicted octanol–water partition coefficient (Wildman–Crippen LogP) is 6.23. The number of hydrogen-bond acceptors (Lipinski definition) is 3. The normalized spacial score (nSPS) is 18.9. The van der Waals surface area contributed by atoms with E-state index in [9.17, 15) is 17.6 Å². The lowest BCUT2D eigenvalue weighted by Crippen LogP contribution is -2.45. The van der Waals surface area contributed by atoms with Crippen LogP contribution in [-0.4, -0.2) is 16.3 Å². The minimum absolute atomic E-state index is 0. The summed E-state index contributed by atoms with van der Waals surface area (Å²) in [6.07, 6.45) is 0.799. The molecule has 1 saturated carbocycles. The molecule has 1 heterocycles. The molecule has 2 nitrogen and oxygen atoms in total. The molecule has 0 radical (unpaired) electrons. The summed E-state index contributed by atoms with van der Waals surface area (Å²) in [5, 5.41) is 5.90. The molecule has 1 aromatic heterocycles. The van der Waals surface area contributed by atoms with E-state index in [-0.39, 0.29) is 23.7 Å². The Bertz CT molecular complexity index is 991. The summed E-state index contributed by atoms with van der Waals surface area (Å²) < 4.78 is 52.2. The Labute approximate surface area is 176 Å². The van der Waals surface area contributed by atoms with Crippen LogP contribution in [0, 0.1) is 5.82 Å². The zero-order chi connectivity index (χ0) is 19.7. The van der Waals surface area contributed by atoms with Crippen molar-refractivity contribution in [2.24, 2.45) is 0 Å². The van der Waals surface area contributed by atoms with E-state index in [2.05, 4.69) is 16.4 Å². The number of fused-ring (bicyclic) bond motifs is 1. The van der Waals surface area contributed by atoms with Crippen molar-refractivity contribution < 1.29 is 17.6 Å². The third-order valence-corrected chi connectivity index (χ3v) is 6.46. The van der Waals surface area contributed by atoms with Gasteiger partial charge in [0.05, 0.1) is 5.56 Å². The molecule has 1 aliphatic rings. The second-order valence-corrected chi connectivity index (χ2v) is 8.19. The van der Waals surface area contributed by atoms with Crippen LogP contribution in [0.25, 0.3) is 10.8 Å². The van der Waals surface area contributed by atoms with Crippen molar-refractivity contribution in [1.82, 2.24) is 10.3 Å². The van der Waals surface area contributed by atoms with Gasteiger partial charge in [0.2, 0.25) is 0 Å². The van der Waals surface area contributed by atoms with E-state index in [0.717, 1.165) is 41.3 Å². The molecular formula is C21H19ClF4N2S. The van der Waals surface area contributed by atoms with Crippen LogP contribution in [0.1, 0.15) is 24.0 Å². The van der Waals surface area contributed by atoms with Gasteiger partial charge in [-0.25, -0.2) is 4.39 Å². The van der Waals surface area contributed by atoms with E-state index in [0.29, 0.717) is 11.4 Å². The Balaban J connectivity index is 0.00000240. The summed E-state index contributed by atoms with van der Waals surface area (Å²) in [6, 6.07) is 11.5. The molecule has 0 bridgehead atoms. The Hall–Kier alpha value is -1.83. The average molecular weight is 443 g/mol. The first kappa shape index (κ1) is 21.9. The van der Waals surface area contributed by atoms with Gasteiger partial charge < -0.3 is 5.32 Å². The minimum Gasteiger partial charge on any atom is -0.309 e. The van der Waals surface area contributed by atoms with Crippen molar-refractivity contribution in [2.45, 2.75) is 41.7 Å². The monoisotopic (exact) mass is 442 g/mol. The lowest BCUT2D eigenvalue weighted by Gasteiger charge is -2.37. The summed E-state index contributed by atoms with van der Waals surface area (Å²) >= 11 is 1.38. The molecule has 0 aliphatic heterocycles. The zero-order valence-electron chi connectivity index (χ0n) is 15.2. The van der Waals surface area contributed by atoms with Gasteiger partial charge in [0, 0.05) is 40.5 Å². The largest absolute Gasteiger partial charge is 0.419 e. The molecule has 1 N–H and O–H groups in total. The maximum atomic E-state index is 13.5. The highest BCUT2D eigenvalue weighted by molar-refractivity contribution is 8.00. The van der Waals surface area contributed by atoms with E-state index in [1.807, 2.05) is 24.4 Å². The van der Waals surface area contributed by atoms with Crippen molar-refractivity contribution in [1.29, 1.82) is 0 Å². The fourth-order valence-electron chi connectivity index (χ4n) is 3.40. The summed E-state index contributed by atoms with van der Waals surface area (Å²) in [5.41, 5.74) is -0.0395. The fourth-order valence-corrected chi connectivity index (χ4v) is 4.73. The number of alkyl halides is 3. The van der Waals surface area contributed by atoms with Crippen molar-refractivity contribution >= 4 is 34.9 Å². The van der Waals surface area contributed by atoms with Gasteiger partial charge in [-0.3, -0.25) is 4.98 Å². The highest BCUT2D eigenvalue weighted by Crippen LogP contribution is 2.40. The standard InChI is InChI=1S/C21H18F4N2S.ClH/c22-18-5-4-15(10-17(18)21(23,24)25)28-20-7-6-19(20)27-12-14-3-1-2-13-11-26-9-8-16(13)14;/h1-5,8-11,19-20,27H,6-7,12H2;1H/t19-,20-;/m1./s1. The SMILES string of the molecule is Cl.Fc1ccc(S[C@@H]2CC[C@H]2NCc2cccc3cnccc23)cc1C(F)(F)F. The van der Waals surface area contributed by atoms with Gasteiger partial charge >= 0.3 is 6.18 Å². The number of benzene rings is 2. The molecule has 0 spiro atoms. The molecule has 0 unspecified atom stereocenters. The average Bonchev–Trinajstić information content (AvgIpc) is 2.66. The lowest BCUT2D eigenvalue weighted by atomic mass is 9.92. The molecule has 0 saturated heterocycles. The summed E-state index contributed by atoms with van der Waals surface area (Å²) in [7, 11) is 0. The molecule has 1 fully saturated rings. The van der Waals surface area contributed by atoms with Crippen molar-refractivity contribution in [2.75, 3.05) is 0 Å². The molecule has 3 aromatic rings. The van der Waals surface area contributed by atoms with Gasteiger partial charge in [-0.1, -0.05) is 18.2 Å². The van der Waals surface area contributed by atoms with E-state index in [4.69, 9.17) is 0 Å². The lowest BCUT2D eigenvalue weighted by molar-refractivity contribution is -0.140. The third kappa shape index (κ3) is 4.85. The van der Waals surface area contributed by atoms with E-state index < -0.39 is 17.6 Å². The number of pyridine rings is 1. The molecule has 29 heavy (non-hydrogen) atoms. The molecular weight excluding hydrogens is 424 g/mol. The number of hydrogen-bond donors (Lipinski definition) is 1. The Kier molecular flexibility index (Phi) is 6.71. The smallest absolute Gasteiger partial charge is 0.309 e. The molecule has 8 heteroatoms. The number of halogens is 5. The van der Waals surface area contributed by atoms with Crippen LogP contribution in [-0.2, 0) is 12.7 Å². The maximum absolute atomic E-state index is 13.5. The van der Waals surface area contributed by atoms with Crippen molar-refractivity contribution in [3.05, 3.63) is 71.8 Å². The second kappa shape index (κ2) is 8.90. The van der Waals surface area contributed by atoms with Gasteiger partial charge in [0.25, 0.3) is 0 Å². The van der Waals surface area contributed by atoms with Gasteiger partial charge in [-0.15, -0.1) is 24.2 Å². The van der Waals surface area contributed by atoms with Crippen LogP contribution in [0.3, 0.4) is 0 Å². The minimum atomic E-state index is -4.68. The number of nitrogens with one attached hydrogen (secondary N) is 1. The number of nitrogens with zero attached hydrogens (tertiary/aromatic N) is 1. The van der Waals surface area contributed by atoms with Crippen LogP contribution in [0.4, 0.5) is 17.6 Å². The molecule has 4 rings (SSSR count). The first-order valence-corrected chi connectivity index (χ1v) is 9.88. The third-order valence-electron chi connectivity index (χ3n) is 5.07. The van der Waals surface area contributed by atoms with Crippen molar-refractivity contribution in [3.8, 4) is 0 Å². The fraction of sp³-hybridized carbons (Fsp3) is 0.286. The topological polar surface area (TPSA) is 24.9 Å². The van der Waals surface area contributed by atoms with Crippen LogP contribution >= 0.6 is 24.2 Å². The van der Waals surface area contributed by atoms with Crippen LogP contribution in [0.5, 0.6) is 0 Å². The van der Waals surface area contributed by atoms with Gasteiger partial charge in [0.1, 0.15) is 5.82 Å². The Morgan fingerprint density at radius 1 is 1.10 bits per heavy atom. The first-order valence-electron chi connectivity index (χ1n) is 9.00.